The minimum Gasteiger partial charge on any atom is -0.331 e. The van der Waals surface area contributed by atoms with Crippen LogP contribution >= 0.6 is 0 Å². The SMILES string of the molecule is O=C(Nc1ncc[nH]1)c1ccc([N+](=O)[O-])cc1F. The van der Waals surface area contributed by atoms with Gasteiger partial charge < -0.3 is 4.98 Å². The van der Waals surface area contributed by atoms with Crippen LogP contribution in [0.5, 0.6) is 0 Å². The molecule has 0 spiro atoms. The Kier molecular flexibility index (Phi) is 3.00. The van der Waals surface area contributed by atoms with Gasteiger partial charge in [-0.1, -0.05) is 0 Å². The number of nitrogens with zero attached hydrogens (tertiary/aromatic N) is 2. The van der Waals surface area contributed by atoms with Crippen LogP contribution in [0.1, 0.15) is 10.4 Å². The number of anilines is 1. The average molecular weight is 250 g/mol. The molecule has 0 aliphatic rings. The quantitative estimate of drug-likeness (QED) is 0.639. The summed E-state index contributed by atoms with van der Waals surface area (Å²) < 4.78 is 13.5. The van der Waals surface area contributed by atoms with Gasteiger partial charge in [-0.2, -0.15) is 0 Å². The van der Waals surface area contributed by atoms with Crippen LogP contribution in [0.25, 0.3) is 0 Å². The Bertz CT molecular complexity index is 597. The Morgan fingerprint density at radius 1 is 1.50 bits per heavy atom. The van der Waals surface area contributed by atoms with E-state index in [0.717, 1.165) is 12.1 Å². The van der Waals surface area contributed by atoms with Gasteiger partial charge in [0.1, 0.15) is 5.82 Å². The second kappa shape index (κ2) is 4.62. The van der Waals surface area contributed by atoms with E-state index in [2.05, 4.69) is 15.3 Å². The largest absolute Gasteiger partial charge is 0.331 e. The van der Waals surface area contributed by atoms with Crippen molar-refractivity contribution in [1.82, 2.24) is 9.97 Å². The first-order chi connectivity index (χ1) is 8.58. The Morgan fingerprint density at radius 2 is 2.28 bits per heavy atom. The normalized spacial score (nSPS) is 10.1. The molecule has 0 unspecified atom stereocenters. The summed E-state index contributed by atoms with van der Waals surface area (Å²) in [6.07, 6.45) is 2.91. The number of hydrogen-bond donors (Lipinski definition) is 2. The zero-order valence-electron chi connectivity index (χ0n) is 8.88. The van der Waals surface area contributed by atoms with E-state index in [0.29, 0.717) is 6.07 Å². The molecule has 0 saturated heterocycles. The molecule has 0 fully saturated rings. The maximum Gasteiger partial charge on any atom is 0.272 e. The van der Waals surface area contributed by atoms with E-state index in [9.17, 15) is 19.3 Å². The third-order valence-electron chi connectivity index (χ3n) is 2.14. The maximum absolute atomic E-state index is 13.5. The van der Waals surface area contributed by atoms with E-state index in [1.54, 1.807) is 0 Å². The zero-order valence-corrected chi connectivity index (χ0v) is 8.88. The smallest absolute Gasteiger partial charge is 0.272 e. The molecule has 1 amide bonds. The molecule has 0 radical (unpaired) electrons. The monoisotopic (exact) mass is 250 g/mol. The summed E-state index contributed by atoms with van der Waals surface area (Å²) in [4.78, 5) is 27.7. The summed E-state index contributed by atoms with van der Waals surface area (Å²) in [6, 6.07) is 2.79. The lowest BCUT2D eigenvalue weighted by molar-refractivity contribution is -0.385. The van der Waals surface area contributed by atoms with Crippen LogP contribution in [0, 0.1) is 15.9 Å². The number of amides is 1. The lowest BCUT2D eigenvalue weighted by Crippen LogP contribution is -2.14. The van der Waals surface area contributed by atoms with E-state index in [1.165, 1.54) is 12.4 Å². The predicted octanol–water partition coefficient (Wildman–Crippen LogP) is 1.71. The van der Waals surface area contributed by atoms with Crippen molar-refractivity contribution in [3.05, 3.63) is 52.1 Å². The molecular weight excluding hydrogens is 243 g/mol. The van der Waals surface area contributed by atoms with Gasteiger partial charge in [0.25, 0.3) is 11.6 Å². The summed E-state index contributed by atoms with van der Waals surface area (Å²) in [6.45, 7) is 0. The molecule has 1 aromatic carbocycles. The number of aromatic amines is 1. The number of rotatable bonds is 3. The van der Waals surface area contributed by atoms with Crippen LogP contribution in [0.4, 0.5) is 16.0 Å². The third kappa shape index (κ3) is 2.32. The number of aromatic nitrogens is 2. The molecule has 2 aromatic rings. The minimum absolute atomic E-state index is 0.165. The number of hydrogen-bond acceptors (Lipinski definition) is 4. The van der Waals surface area contributed by atoms with E-state index in [-0.39, 0.29) is 11.5 Å². The maximum atomic E-state index is 13.5. The fraction of sp³-hybridized carbons (Fsp3) is 0. The molecule has 0 aliphatic carbocycles. The van der Waals surface area contributed by atoms with Gasteiger partial charge in [0.15, 0.2) is 0 Å². The van der Waals surface area contributed by atoms with Crippen LogP contribution in [0.2, 0.25) is 0 Å². The lowest BCUT2D eigenvalue weighted by Gasteiger charge is -2.03. The van der Waals surface area contributed by atoms with Gasteiger partial charge in [-0.25, -0.2) is 9.37 Å². The van der Waals surface area contributed by atoms with Crippen LogP contribution in [0.3, 0.4) is 0 Å². The first kappa shape index (κ1) is 11.7. The highest BCUT2D eigenvalue weighted by molar-refractivity contribution is 6.03. The molecule has 92 valence electrons. The molecule has 1 heterocycles. The van der Waals surface area contributed by atoms with Crippen molar-refractivity contribution in [2.75, 3.05) is 5.32 Å². The van der Waals surface area contributed by atoms with Gasteiger partial charge in [0.05, 0.1) is 16.6 Å². The van der Waals surface area contributed by atoms with Crippen molar-refractivity contribution in [3.63, 3.8) is 0 Å². The standard InChI is InChI=1S/C10H7FN4O3/c11-8-5-6(15(17)18)1-2-7(8)9(16)14-10-12-3-4-13-10/h1-5H,(H2,12,13,14,16). The Morgan fingerprint density at radius 3 is 2.83 bits per heavy atom. The van der Waals surface area contributed by atoms with Crippen LogP contribution in [0.15, 0.2) is 30.6 Å². The van der Waals surface area contributed by atoms with Crippen molar-refractivity contribution in [2.24, 2.45) is 0 Å². The molecule has 0 bridgehead atoms. The van der Waals surface area contributed by atoms with Gasteiger partial charge in [-0.3, -0.25) is 20.2 Å². The molecule has 0 aliphatic heterocycles. The molecule has 0 atom stereocenters. The lowest BCUT2D eigenvalue weighted by atomic mass is 10.2. The summed E-state index contributed by atoms with van der Waals surface area (Å²) >= 11 is 0. The average Bonchev–Trinajstić information content (AvgIpc) is 2.81. The Hall–Kier alpha value is -2.77. The molecule has 1 aromatic heterocycles. The first-order valence-corrected chi connectivity index (χ1v) is 4.82. The Balaban J connectivity index is 2.23. The fourth-order valence-corrected chi connectivity index (χ4v) is 1.31. The topological polar surface area (TPSA) is 101 Å². The highest BCUT2D eigenvalue weighted by atomic mass is 19.1. The summed E-state index contributed by atoms with van der Waals surface area (Å²) in [5.41, 5.74) is -0.709. The van der Waals surface area contributed by atoms with Gasteiger partial charge in [-0.05, 0) is 6.07 Å². The van der Waals surface area contributed by atoms with Crippen molar-refractivity contribution < 1.29 is 14.1 Å². The number of benzene rings is 1. The third-order valence-corrected chi connectivity index (χ3v) is 2.14. The van der Waals surface area contributed by atoms with Crippen molar-refractivity contribution in [1.29, 1.82) is 0 Å². The molecule has 7 nitrogen and oxygen atoms in total. The second-order valence-electron chi connectivity index (χ2n) is 3.31. The molecule has 2 rings (SSSR count). The van der Waals surface area contributed by atoms with Crippen LogP contribution < -0.4 is 5.32 Å². The number of imidazole rings is 1. The number of nitro groups is 1. The second-order valence-corrected chi connectivity index (χ2v) is 3.31. The van der Waals surface area contributed by atoms with Crippen LogP contribution in [-0.4, -0.2) is 20.8 Å². The number of non-ortho nitro benzene ring substituents is 1. The van der Waals surface area contributed by atoms with Crippen molar-refractivity contribution >= 4 is 17.5 Å². The molecule has 18 heavy (non-hydrogen) atoms. The number of carbonyl (C=O) groups excluding carboxylic acids is 1. The van der Waals surface area contributed by atoms with E-state index >= 15 is 0 Å². The number of nitro benzene ring substituents is 1. The summed E-state index contributed by atoms with van der Waals surface area (Å²) in [7, 11) is 0. The van der Waals surface area contributed by atoms with E-state index in [1.807, 2.05) is 0 Å². The number of H-pyrrole nitrogens is 1. The van der Waals surface area contributed by atoms with Gasteiger partial charge >= 0.3 is 0 Å². The Labute approximate surface area is 99.8 Å². The van der Waals surface area contributed by atoms with Crippen molar-refractivity contribution in [3.8, 4) is 0 Å². The highest BCUT2D eigenvalue weighted by Gasteiger charge is 2.16. The predicted molar refractivity (Wildman–Crippen MR) is 59.6 cm³/mol. The summed E-state index contributed by atoms with van der Waals surface area (Å²) in [5.74, 6) is -1.54. The number of carbonyl (C=O) groups is 1. The summed E-state index contributed by atoms with van der Waals surface area (Å²) in [5, 5.41) is 12.7. The van der Waals surface area contributed by atoms with Gasteiger partial charge in [0, 0.05) is 18.5 Å². The molecular formula is C10H7FN4O3. The van der Waals surface area contributed by atoms with Gasteiger partial charge in [0.2, 0.25) is 5.95 Å². The van der Waals surface area contributed by atoms with Gasteiger partial charge in [-0.15, -0.1) is 0 Å². The molecule has 8 heteroatoms. The van der Waals surface area contributed by atoms with Crippen LogP contribution in [-0.2, 0) is 0 Å². The van der Waals surface area contributed by atoms with Crippen molar-refractivity contribution in [2.45, 2.75) is 0 Å². The number of halogens is 1. The highest BCUT2D eigenvalue weighted by Crippen LogP contribution is 2.17. The van der Waals surface area contributed by atoms with E-state index in [4.69, 9.17) is 0 Å². The van der Waals surface area contributed by atoms with E-state index < -0.39 is 22.3 Å². The number of nitrogens with one attached hydrogen (secondary N) is 2. The zero-order chi connectivity index (χ0) is 13.1. The molecule has 2 N–H and O–H groups in total. The minimum atomic E-state index is -0.965. The fourth-order valence-electron chi connectivity index (χ4n) is 1.31. The first-order valence-electron chi connectivity index (χ1n) is 4.82. The molecule has 0 saturated carbocycles.